The molecule has 18 heavy (non-hydrogen) atoms. The van der Waals surface area contributed by atoms with Crippen molar-refractivity contribution < 1.29 is 9.90 Å². The molecule has 1 amide bonds. The fraction of sp³-hybridized carbons (Fsp3) is 0.385. The molecule has 0 bridgehead atoms. The van der Waals surface area contributed by atoms with Crippen LogP contribution in [-0.4, -0.2) is 20.4 Å². The molecular formula is C13H19N3O2. The molecule has 0 aromatic carbocycles. The molecule has 5 heteroatoms. The summed E-state index contributed by atoms with van der Waals surface area (Å²) in [6.07, 6.45) is 3.35. The van der Waals surface area contributed by atoms with Crippen molar-refractivity contribution in [2.45, 2.75) is 34.2 Å². The smallest absolute Gasteiger partial charge is 0.217 e. The van der Waals surface area contributed by atoms with E-state index in [1.165, 1.54) is 6.92 Å². The Balaban J connectivity index is 0.000000771. The van der Waals surface area contributed by atoms with Gasteiger partial charge in [0.1, 0.15) is 5.75 Å². The number of pyridine rings is 1. The monoisotopic (exact) mass is 249 g/mol. The zero-order valence-electron chi connectivity index (χ0n) is 11.2. The lowest BCUT2D eigenvalue weighted by molar-refractivity contribution is -0.119. The highest BCUT2D eigenvalue weighted by atomic mass is 16.3. The van der Waals surface area contributed by atoms with Crippen LogP contribution in [0.2, 0.25) is 0 Å². The van der Waals surface area contributed by atoms with Crippen LogP contribution in [0.3, 0.4) is 0 Å². The minimum atomic E-state index is -0.127. The van der Waals surface area contributed by atoms with Gasteiger partial charge in [-0.2, -0.15) is 0 Å². The number of rotatable bonds is 2. The van der Waals surface area contributed by atoms with Gasteiger partial charge in [0.25, 0.3) is 0 Å². The average Bonchev–Trinajstić information content (AvgIpc) is 2.80. The maximum Gasteiger partial charge on any atom is 0.217 e. The zero-order chi connectivity index (χ0) is 13.7. The van der Waals surface area contributed by atoms with E-state index in [0.29, 0.717) is 12.1 Å². The first-order chi connectivity index (χ1) is 8.59. The van der Waals surface area contributed by atoms with Crippen LogP contribution in [0.5, 0.6) is 5.75 Å². The topological polar surface area (TPSA) is 66.6 Å². The van der Waals surface area contributed by atoms with Gasteiger partial charge in [0.2, 0.25) is 5.91 Å². The van der Waals surface area contributed by atoms with E-state index in [1.807, 2.05) is 25.2 Å². The number of imidazole rings is 1. The maximum atomic E-state index is 10.9. The Hall–Kier alpha value is -2.04. The van der Waals surface area contributed by atoms with Crippen molar-refractivity contribution in [3.8, 4) is 5.75 Å². The Morgan fingerprint density at radius 1 is 1.50 bits per heavy atom. The first-order valence-corrected chi connectivity index (χ1v) is 5.97. The number of nitrogens with zero attached hydrogens (tertiary/aromatic N) is 2. The molecule has 98 valence electrons. The van der Waals surface area contributed by atoms with Crippen molar-refractivity contribution in [1.82, 2.24) is 14.7 Å². The molecule has 0 radical (unpaired) electrons. The average molecular weight is 249 g/mol. The number of nitrogens with one attached hydrogen (secondary N) is 1. The molecule has 0 saturated carbocycles. The summed E-state index contributed by atoms with van der Waals surface area (Å²) in [6, 6.07) is 1.66. The molecule has 0 spiro atoms. The van der Waals surface area contributed by atoms with Crippen LogP contribution in [0, 0.1) is 6.92 Å². The Morgan fingerprint density at radius 3 is 2.78 bits per heavy atom. The quantitative estimate of drug-likeness (QED) is 0.855. The first kappa shape index (κ1) is 14.0. The van der Waals surface area contributed by atoms with Crippen LogP contribution in [0.25, 0.3) is 5.52 Å². The number of fused-ring (bicyclic) bond motifs is 1. The normalized spacial score (nSPS) is 9.78. The highest BCUT2D eigenvalue weighted by Gasteiger charge is 2.10. The number of amides is 1. The Kier molecular flexibility index (Phi) is 4.71. The zero-order valence-corrected chi connectivity index (χ0v) is 11.2. The van der Waals surface area contributed by atoms with Gasteiger partial charge in [-0.05, 0) is 13.0 Å². The van der Waals surface area contributed by atoms with Gasteiger partial charge >= 0.3 is 0 Å². The van der Waals surface area contributed by atoms with E-state index in [0.717, 1.165) is 11.2 Å². The number of aryl methyl sites for hydroxylation is 1. The Morgan fingerprint density at radius 2 is 2.17 bits per heavy atom. The minimum absolute atomic E-state index is 0.127. The summed E-state index contributed by atoms with van der Waals surface area (Å²) < 4.78 is 1.87. The fourth-order valence-corrected chi connectivity index (χ4v) is 1.68. The molecule has 2 aromatic heterocycles. The van der Waals surface area contributed by atoms with Gasteiger partial charge in [-0.15, -0.1) is 0 Å². The van der Waals surface area contributed by atoms with Crippen molar-refractivity contribution in [3.05, 3.63) is 29.8 Å². The summed E-state index contributed by atoms with van der Waals surface area (Å²) in [6.45, 7) is 7.63. The van der Waals surface area contributed by atoms with E-state index in [-0.39, 0.29) is 11.7 Å². The number of hydrogen-bond donors (Lipinski definition) is 2. The molecule has 2 N–H and O–H groups in total. The lowest BCUT2D eigenvalue weighted by Crippen LogP contribution is -2.19. The fourth-order valence-electron chi connectivity index (χ4n) is 1.68. The largest absolute Gasteiger partial charge is 0.507 e. The molecule has 0 atom stereocenters. The molecule has 5 nitrogen and oxygen atoms in total. The lowest BCUT2D eigenvalue weighted by atomic mass is 10.2. The van der Waals surface area contributed by atoms with Gasteiger partial charge in [-0.25, -0.2) is 4.98 Å². The third-order valence-corrected chi connectivity index (χ3v) is 2.50. The molecule has 0 fully saturated rings. The van der Waals surface area contributed by atoms with Gasteiger partial charge in [0, 0.05) is 24.7 Å². The molecule has 2 rings (SSSR count). The van der Waals surface area contributed by atoms with Crippen LogP contribution in [-0.2, 0) is 11.3 Å². The lowest BCUT2D eigenvalue weighted by Gasteiger charge is -2.09. The first-order valence-electron chi connectivity index (χ1n) is 5.97. The molecule has 0 aliphatic rings. The third-order valence-electron chi connectivity index (χ3n) is 2.50. The number of aromatic hydroxyl groups is 1. The van der Waals surface area contributed by atoms with Crippen molar-refractivity contribution >= 4 is 11.4 Å². The second-order valence-electron chi connectivity index (χ2n) is 3.71. The SMILES string of the molecule is CC.CC(=O)NCc1c(O)cc(C)n2cncc12. The van der Waals surface area contributed by atoms with Gasteiger partial charge in [0.15, 0.2) is 0 Å². The van der Waals surface area contributed by atoms with Crippen LogP contribution < -0.4 is 5.32 Å². The van der Waals surface area contributed by atoms with Crippen molar-refractivity contribution in [1.29, 1.82) is 0 Å². The molecular weight excluding hydrogens is 230 g/mol. The van der Waals surface area contributed by atoms with Crippen LogP contribution in [0.1, 0.15) is 32.0 Å². The van der Waals surface area contributed by atoms with Gasteiger partial charge in [-0.3, -0.25) is 4.79 Å². The van der Waals surface area contributed by atoms with Gasteiger partial charge in [0.05, 0.1) is 18.0 Å². The summed E-state index contributed by atoms with van der Waals surface area (Å²) in [4.78, 5) is 14.9. The van der Waals surface area contributed by atoms with E-state index < -0.39 is 0 Å². The van der Waals surface area contributed by atoms with E-state index in [4.69, 9.17) is 0 Å². The summed E-state index contributed by atoms with van der Waals surface area (Å²) in [5, 5.41) is 12.5. The minimum Gasteiger partial charge on any atom is -0.507 e. The van der Waals surface area contributed by atoms with Gasteiger partial charge < -0.3 is 14.8 Å². The van der Waals surface area contributed by atoms with Crippen LogP contribution in [0.15, 0.2) is 18.6 Å². The highest BCUT2D eigenvalue weighted by Crippen LogP contribution is 2.23. The summed E-state index contributed by atoms with van der Waals surface area (Å²) >= 11 is 0. The van der Waals surface area contributed by atoms with E-state index in [2.05, 4.69) is 10.3 Å². The molecule has 0 unspecified atom stereocenters. The van der Waals surface area contributed by atoms with Crippen molar-refractivity contribution in [2.24, 2.45) is 0 Å². The molecule has 0 aliphatic heterocycles. The predicted octanol–water partition coefficient (Wildman–Crippen LogP) is 2.01. The van der Waals surface area contributed by atoms with Crippen LogP contribution >= 0.6 is 0 Å². The van der Waals surface area contributed by atoms with E-state index in [9.17, 15) is 9.90 Å². The van der Waals surface area contributed by atoms with Crippen molar-refractivity contribution in [3.63, 3.8) is 0 Å². The van der Waals surface area contributed by atoms with Gasteiger partial charge in [-0.1, -0.05) is 13.8 Å². The second-order valence-corrected chi connectivity index (χ2v) is 3.71. The van der Waals surface area contributed by atoms with E-state index >= 15 is 0 Å². The standard InChI is InChI=1S/C11H13N3O2.C2H6/c1-7-3-11(16)9(4-13-8(2)15)10-5-12-6-14(7)10;1-2/h3,5-6,16H,4H2,1-2H3,(H,13,15);1-2H3. The number of carbonyl (C=O) groups is 1. The van der Waals surface area contributed by atoms with Crippen molar-refractivity contribution in [2.75, 3.05) is 0 Å². The molecule has 2 heterocycles. The Bertz CT molecular complexity index is 546. The predicted molar refractivity (Wildman–Crippen MR) is 70.5 cm³/mol. The molecule has 0 saturated heterocycles. The van der Waals surface area contributed by atoms with E-state index in [1.54, 1.807) is 18.6 Å². The Labute approximate surface area is 106 Å². The molecule has 0 aliphatic carbocycles. The molecule has 2 aromatic rings. The number of aromatic nitrogens is 2. The highest BCUT2D eigenvalue weighted by molar-refractivity contribution is 5.73. The third kappa shape index (κ3) is 2.80. The maximum absolute atomic E-state index is 10.9. The second kappa shape index (κ2) is 6.05. The van der Waals surface area contributed by atoms with Crippen LogP contribution in [0.4, 0.5) is 0 Å². The number of carbonyl (C=O) groups excluding carboxylic acids is 1. The summed E-state index contributed by atoms with van der Waals surface area (Å²) in [5.74, 6) is 0.0527. The summed E-state index contributed by atoms with van der Waals surface area (Å²) in [5.41, 5.74) is 2.39. The summed E-state index contributed by atoms with van der Waals surface area (Å²) in [7, 11) is 0. The number of hydrogen-bond acceptors (Lipinski definition) is 3.